The minimum atomic E-state index is -0.332. The largest absolute Gasteiger partial charge is 0.505 e. The lowest BCUT2D eigenvalue weighted by Crippen LogP contribution is -2.25. The van der Waals surface area contributed by atoms with Crippen molar-refractivity contribution in [3.8, 4) is 5.75 Å². The number of nitrogen functional groups attached to an aromatic ring is 1. The fourth-order valence-electron chi connectivity index (χ4n) is 1.26. The number of rotatable bonds is 5. The number of nitrogens with two attached hydrogens (primary N) is 1. The Morgan fingerprint density at radius 2 is 2.31 bits per heavy atom. The van der Waals surface area contributed by atoms with Crippen LogP contribution in [0.3, 0.4) is 0 Å². The summed E-state index contributed by atoms with van der Waals surface area (Å²) in [5.74, 6) is -0.507. The highest BCUT2D eigenvalue weighted by Gasteiger charge is 2.11. The van der Waals surface area contributed by atoms with Gasteiger partial charge in [0.2, 0.25) is 0 Å². The van der Waals surface area contributed by atoms with Crippen LogP contribution in [0, 0.1) is 0 Å². The van der Waals surface area contributed by atoms with Crippen LogP contribution in [0.4, 0.5) is 5.69 Å². The van der Waals surface area contributed by atoms with Gasteiger partial charge in [-0.2, -0.15) is 0 Å². The van der Waals surface area contributed by atoms with E-state index in [1.807, 2.05) is 0 Å². The number of para-hydroxylation sites is 1. The highest BCUT2D eigenvalue weighted by Crippen LogP contribution is 2.23. The number of phenols is 1. The Labute approximate surface area is 94.2 Å². The van der Waals surface area contributed by atoms with Gasteiger partial charge in [0, 0.05) is 20.3 Å². The van der Waals surface area contributed by atoms with Gasteiger partial charge in [0.05, 0.1) is 11.3 Å². The van der Waals surface area contributed by atoms with Crippen LogP contribution >= 0.6 is 0 Å². The topological polar surface area (TPSA) is 84.6 Å². The maximum Gasteiger partial charge on any atom is 0.255 e. The second-order valence-corrected chi connectivity index (χ2v) is 3.35. The summed E-state index contributed by atoms with van der Waals surface area (Å²) in [6, 6.07) is 4.69. The van der Waals surface area contributed by atoms with Gasteiger partial charge in [-0.05, 0) is 18.6 Å². The second kappa shape index (κ2) is 5.97. The smallest absolute Gasteiger partial charge is 0.255 e. The van der Waals surface area contributed by atoms with Crippen LogP contribution in [0.25, 0.3) is 0 Å². The first-order valence-corrected chi connectivity index (χ1v) is 5.01. The number of anilines is 1. The summed E-state index contributed by atoms with van der Waals surface area (Å²) in [6.07, 6.45) is 0.727. The minimum Gasteiger partial charge on any atom is -0.505 e. The van der Waals surface area contributed by atoms with E-state index in [1.165, 1.54) is 12.1 Å². The van der Waals surface area contributed by atoms with E-state index < -0.39 is 0 Å². The zero-order valence-corrected chi connectivity index (χ0v) is 9.19. The number of methoxy groups -OCH3 is 1. The Hall–Kier alpha value is -1.75. The Balaban J connectivity index is 2.56. The Kier molecular flexibility index (Phi) is 4.60. The number of carbonyl (C=O) groups is 1. The van der Waals surface area contributed by atoms with Gasteiger partial charge in [0.1, 0.15) is 0 Å². The standard InChI is InChI=1S/C11H16N2O3/c1-16-7-3-6-13-11(15)8-4-2-5-9(12)10(8)14/h2,4-5,14H,3,6-7,12H2,1H3,(H,13,15). The molecule has 0 heterocycles. The van der Waals surface area contributed by atoms with Crippen LogP contribution in [0.1, 0.15) is 16.8 Å². The van der Waals surface area contributed by atoms with Crippen molar-refractivity contribution in [1.82, 2.24) is 5.32 Å². The maximum absolute atomic E-state index is 11.6. The van der Waals surface area contributed by atoms with E-state index in [-0.39, 0.29) is 22.9 Å². The summed E-state index contributed by atoms with van der Waals surface area (Å²) < 4.78 is 4.85. The molecule has 0 bridgehead atoms. The molecule has 0 aliphatic heterocycles. The number of hydrogen-bond acceptors (Lipinski definition) is 4. The predicted molar refractivity (Wildman–Crippen MR) is 61.3 cm³/mol. The molecule has 1 aromatic rings. The quantitative estimate of drug-likeness (QED) is 0.391. The third-order valence-electron chi connectivity index (χ3n) is 2.12. The molecule has 0 aromatic heterocycles. The van der Waals surface area contributed by atoms with Crippen LogP contribution in [0.15, 0.2) is 18.2 Å². The third-order valence-corrected chi connectivity index (χ3v) is 2.12. The molecule has 0 atom stereocenters. The molecule has 0 fully saturated rings. The molecule has 1 rings (SSSR count). The number of aromatic hydroxyl groups is 1. The molecular formula is C11H16N2O3. The molecule has 1 amide bonds. The molecular weight excluding hydrogens is 208 g/mol. The van der Waals surface area contributed by atoms with Crippen molar-refractivity contribution >= 4 is 11.6 Å². The molecule has 0 radical (unpaired) electrons. The van der Waals surface area contributed by atoms with Gasteiger partial charge in [-0.1, -0.05) is 6.07 Å². The first-order valence-electron chi connectivity index (χ1n) is 5.01. The molecule has 5 heteroatoms. The summed E-state index contributed by atoms with van der Waals surface area (Å²) >= 11 is 0. The minimum absolute atomic E-state index is 0.174. The predicted octanol–water partition coefficient (Wildman–Crippen LogP) is 0.741. The first-order chi connectivity index (χ1) is 7.66. The first kappa shape index (κ1) is 12.3. The van der Waals surface area contributed by atoms with Crippen LogP contribution in [0.5, 0.6) is 5.75 Å². The molecule has 0 unspecified atom stereocenters. The third kappa shape index (κ3) is 3.13. The van der Waals surface area contributed by atoms with E-state index in [9.17, 15) is 9.90 Å². The Morgan fingerprint density at radius 1 is 1.56 bits per heavy atom. The summed E-state index contributed by atoms with van der Waals surface area (Å²) in [5, 5.41) is 12.2. The summed E-state index contributed by atoms with van der Waals surface area (Å²) in [5.41, 5.74) is 5.88. The normalized spacial score (nSPS) is 10.1. The van der Waals surface area contributed by atoms with Gasteiger partial charge in [0.25, 0.3) is 5.91 Å². The molecule has 0 aliphatic rings. The van der Waals surface area contributed by atoms with Gasteiger partial charge >= 0.3 is 0 Å². The Bertz CT molecular complexity index is 366. The molecule has 16 heavy (non-hydrogen) atoms. The summed E-state index contributed by atoms with van der Waals surface area (Å²) in [7, 11) is 1.60. The van der Waals surface area contributed by atoms with E-state index >= 15 is 0 Å². The lowest BCUT2D eigenvalue weighted by Gasteiger charge is -2.07. The highest BCUT2D eigenvalue weighted by atomic mass is 16.5. The zero-order chi connectivity index (χ0) is 12.0. The van der Waals surface area contributed by atoms with E-state index in [1.54, 1.807) is 13.2 Å². The molecule has 1 aromatic carbocycles. The number of hydrogen-bond donors (Lipinski definition) is 3. The van der Waals surface area contributed by atoms with Crippen LogP contribution in [-0.4, -0.2) is 31.3 Å². The molecule has 0 saturated heterocycles. The lowest BCUT2D eigenvalue weighted by atomic mass is 10.1. The van der Waals surface area contributed by atoms with Crippen molar-refractivity contribution in [2.24, 2.45) is 0 Å². The number of carbonyl (C=O) groups excluding carboxylic acids is 1. The van der Waals surface area contributed by atoms with E-state index in [4.69, 9.17) is 10.5 Å². The van der Waals surface area contributed by atoms with E-state index in [0.717, 1.165) is 6.42 Å². The lowest BCUT2D eigenvalue weighted by molar-refractivity contribution is 0.0946. The van der Waals surface area contributed by atoms with E-state index in [0.29, 0.717) is 13.2 Å². The van der Waals surface area contributed by atoms with Crippen molar-refractivity contribution in [3.63, 3.8) is 0 Å². The monoisotopic (exact) mass is 224 g/mol. The molecule has 0 aliphatic carbocycles. The van der Waals surface area contributed by atoms with Crippen molar-refractivity contribution in [1.29, 1.82) is 0 Å². The maximum atomic E-state index is 11.6. The van der Waals surface area contributed by atoms with Crippen LogP contribution in [0.2, 0.25) is 0 Å². The molecule has 0 spiro atoms. The van der Waals surface area contributed by atoms with Crippen molar-refractivity contribution < 1.29 is 14.6 Å². The average molecular weight is 224 g/mol. The number of amides is 1. The van der Waals surface area contributed by atoms with Gasteiger partial charge in [-0.3, -0.25) is 4.79 Å². The number of ether oxygens (including phenoxy) is 1. The summed E-state index contributed by atoms with van der Waals surface area (Å²) in [6.45, 7) is 1.09. The van der Waals surface area contributed by atoms with E-state index in [2.05, 4.69) is 5.32 Å². The number of nitrogens with one attached hydrogen (secondary N) is 1. The van der Waals surface area contributed by atoms with Crippen molar-refractivity contribution in [3.05, 3.63) is 23.8 Å². The molecule has 4 N–H and O–H groups in total. The molecule has 88 valence electrons. The van der Waals surface area contributed by atoms with Crippen LogP contribution < -0.4 is 11.1 Å². The van der Waals surface area contributed by atoms with Gasteiger partial charge < -0.3 is 20.9 Å². The van der Waals surface area contributed by atoms with Gasteiger partial charge in [-0.25, -0.2) is 0 Å². The molecule has 5 nitrogen and oxygen atoms in total. The Morgan fingerprint density at radius 3 is 3.00 bits per heavy atom. The second-order valence-electron chi connectivity index (χ2n) is 3.35. The number of benzene rings is 1. The highest BCUT2D eigenvalue weighted by molar-refractivity contribution is 5.98. The SMILES string of the molecule is COCCCNC(=O)c1cccc(N)c1O. The fourth-order valence-corrected chi connectivity index (χ4v) is 1.26. The molecule has 0 saturated carbocycles. The fraction of sp³-hybridized carbons (Fsp3) is 0.364. The average Bonchev–Trinajstić information content (AvgIpc) is 2.28. The van der Waals surface area contributed by atoms with Crippen LogP contribution in [-0.2, 0) is 4.74 Å². The zero-order valence-electron chi connectivity index (χ0n) is 9.19. The summed E-state index contributed by atoms with van der Waals surface area (Å²) in [4.78, 5) is 11.6. The number of phenolic OH excluding ortho intramolecular Hbond substituents is 1. The van der Waals surface area contributed by atoms with Crippen molar-refractivity contribution in [2.75, 3.05) is 26.0 Å². The van der Waals surface area contributed by atoms with Gasteiger partial charge in [0.15, 0.2) is 5.75 Å². The van der Waals surface area contributed by atoms with Crippen molar-refractivity contribution in [2.45, 2.75) is 6.42 Å². The van der Waals surface area contributed by atoms with Gasteiger partial charge in [-0.15, -0.1) is 0 Å².